The number of nitrogens with zero attached hydrogens (tertiary/aromatic N) is 2. The first-order chi connectivity index (χ1) is 4.77. The van der Waals surface area contributed by atoms with E-state index in [9.17, 15) is 4.79 Å². The van der Waals surface area contributed by atoms with Gasteiger partial charge >= 0.3 is 0 Å². The van der Waals surface area contributed by atoms with E-state index in [-0.39, 0.29) is 0 Å². The maximum atomic E-state index is 9.43. The molecule has 0 fully saturated rings. The monoisotopic (exact) mass is 141 g/mol. The number of carbonyl (C=O) groups is 1. The van der Waals surface area contributed by atoms with Crippen molar-refractivity contribution in [3.63, 3.8) is 0 Å². The summed E-state index contributed by atoms with van der Waals surface area (Å²) in [5, 5.41) is 0. The van der Waals surface area contributed by atoms with Crippen LogP contribution in [-0.2, 0) is 4.79 Å². The van der Waals surface area contributed by atoms with Gasteiger partial charge in [0.05, 0.1) is 6.33 Å². The number of amides is 1. The van der Waals surface area contributed by atoms with Crippen molar-refractivity contribution >= 4 is 6.41 Å². The van der Waals surface area contributed by atoms with Crippen molar-refractivity contribution in [3.05, 3.63) is 18.7 Å². The van der Waals surface area contributed by atoms with Crippen LogP contribution >= 0.6 is 0 Å². The molecule has 0 bridgehead atoms. The third-order valence-electron chi connectivity index (χ3n) is 0.617. The van der Waals surface area contributed by atoms with E-state index in [1.807, 2.05) is 0 Å². The van der Waals surface area contributed by atoms with Gasteiger partial charge in [0.25, 0.3) is 0 Å². The molecule has 1 aromatic heterocycles. The Hall–Kier alpha value is -1.32. The van der Waals surface area contributed by atoms with Gasteiger partial charge < -0.3 is 9.88 Å². The first-order valence-electron chi connectivity index (χ1n) is 2.82. The van der Waals surface area contributed by atoms with Crippen LogP contribution in [0.2, 0.25) is 0 Å². The molecule has 1 heterocycles. The second-order valence-corrected chi connectivity index (χ2v) is 1.83. The molecule has 0 saturated heterocycles. The lowest BCUT2D eigenvalue weighted by atomic mass is 11.0. The van der Waals surface area contributed by atoms with E-state index in [0.717, 1.165) is 6.41 Å². The Bertz CT molecular complexity index is 131. The average Bonchev–Trinajstić information content (AvgIpc) is 2.43. The molecule has 0 atom stereocenters. The van der Waals surface area contributed by atoms with E-state index in [0.29, 0.717) is 0 Å². The van der Waals surface area contributed by atoms with Gasteiger partial charge in [-0.3, -0.25) is 4.79 Å². The van der Waals surface area contributed by atoms with Gasteiger partial charge in [0.2, 0.25) is 6.41 Å². The molecule has 4 nitrogen and oxygen atoms in total. The van der Waals surface area contributed by atoms with Gasteiger partial charge in [0.1, 0.15) is 0 Å². The maximum absolute atomic E-state index is 9.43. The fraction of sp³-hybridized carbons (Fsp3) is 0.333. The third-order valence-corrected chi connectivity index (χ3v) is 0.617. The molecule has 4 heteroatoms. The molecule has 0 aliphatic heterocycles. The van der Waals surface area contributed by atoms with E-state index >= 15 is 0 Å². The predicted molar refractivity (Wildman–Crippen MR) is 38.3 cm³/mol. The van der Waals surface area contributed by atoms with E-state index in [2.05, 4.69) is 9.97 Å². The number of carbonyl (C=O) groups excluding carboxylic acids is 1. The predicted octanol–water partition coefficient (Wildman–Crippen LogP) is 0.114. The Morgan fingerprint density at radius 2 is 2.20 bits per heavy atom. The van der Waals surface area contributed by atoms with Crippen LogP contribution in [0.25, 0.3) is 0 Å². The zero-order valence-corrected chi connectivity index (χ0v) is 6.11. The zero-order valence-electron chi connectivity index (χ0n) is 6.11. The fourth-order valence-electron chi connectivity index (χ4n) is 0.215. The number of hydrogen-bond donors (Lipinski definition) is 1. The van der Waals surface area contributed by atoms with Crippen molar-refractivity contribution in [1.29, 1.82) is 0 Å². The SMILES string of the molecule is CN(C)C=O.c1c[nH]cn1. The molecule has 56 valence electrons. The van der Waals surface area contributed by atoms with Crippen molar-refractivity contribution in [2.45, 2.75) is 0 Å². The number of aromatic nitrogens is 2. The van der Waals surface area contributed by atoms with Crippen LogP contribution in [0.1, 0.15) is 0 Å². The summed E-state index contributed by atoms with van der Waals surface area (Å²) >= 11 is 0. The second kappa shape index (κ2) is 5.81. The van der Waals surface area contributed by atoms with E-state index in [1.54, 1.807) is 32.8 Å². The van der Waals surface area contributed by atoms with Crippen molar-refractivity contribution in [1.82, 2.24) is 14.9 Å². The minimum absolute atomic E-state index is 0.750. The number of H-pyrrole nitrogens is 1. The molecule has 1 aromatic rings. The number of nitrogens with one attached hydrogen (secondary N) is 1. The Balaban J connectivity index is 0.000000162. The lowest BCUT2D eigenvalue weighted by Gasteiger charge is -1.93. The van der Waals surface area contributed by atoms with Crippen LogP contribution in [0.4, 0.5) is 0 Å². The molecule has 0 aliphatic carbocycles. The Morgan fingerprint density at radius 3 is 2.30 bits per heavy atom. The van der Waals surface area contributed by atoms with Gasteiger partial charge in [-0.15, -0.1) is 0 Å². The summed E-state index contributed by atoms with van der Waals surface area (Å²) in [4.78, 5) is 17.3. The minimum Gasteiger partial charge on any atom is -0.351 e. The highest BCUT2D eigenvalue weighted by atomic mass is 16.1. The summed E-state index contributed by atoms with van der Waals surface area (Å²) in [7, 11) is 3.38. The molecule has 0 radical (unpaired) electrons. The summed E-state index contributed by atoms with van der Waals surface area (Å²) in [5.74, 6) is 0. The number of rotatable bonds is 1. The second-order valence-electron chi connectivity index (χ2n) is 1.83. The first-order valence-corrected chi connectivity index (χ1v) is 2.82. The van der Waals surface area contributed by atoms with Crippen molar-refractivity contribution in [2.24, 2.45) is 0 Å². The summed E-state index contributed by atoms with van der Waals surface area (Å²) < 4.78 is 0. The molecule has 10 heavy (non-hydrogen) atoms. The molecule has 1 amide bonds. The fourth-order valence-corrected chi connectivity index (χ4v) is 0.215. The highest BCUT2D eigenvalue weighted by Gasteiger charge is 1.68. The summed E-state index contributed by atoms with van der Waals surface area (Å²) in [6, 6.07) is 0. The van der Waals surface area contributed by atoms with E-state index in [4.69, 9.17) is 0 Å². The van der Waals surface area contributed by atoms with E-state index in [1.165, 1.54) is 4.90 Å². The van der Waals surface area contributed by atoms with Crippen molar-refractivity contribution in [2.75, 3.05) is 14.1 Å². The number of aromatic amines is 1. The number of hydrogen-bond acceptors (Lipinski definition) is 2. The molecular weight excluding hydrogens is 130 g/mol. The first kappa shape index (κ1) is 8.68. The Morgan fingerprint density at radius 1 is 1.60 bits per heavy atom. The van der Waals surface area contributed by atoms with E-state index < -0.39 is 0 Å². The van der Waals surface area contributed by atoms with Gasteiger partial charge in [-0.1, -0.05) is 0 Å². The normalized spacial score (nSPS) is 7.40. The molecule has 0 aliphatic rings. The lowest BCUT2D eigenvalue weighted by Crippen LogP contribution is -2.06. The molecule has 1 rings (SSSR count). The molecular formula is C6H11N3O. The van der Waals surface area contributed by atoms with Crippen LogP contribution in [0.3, 0.4) is 0 Å². The Labute approximate surface area is 59.9 Å². The van der Waals surface area contributed by atoms with Crippen LogP contribution in [-0.4, -0.2) is 35.4 Å². The molecule has 0 unspecified atom stereocenters. The van der Waals surface area contributed by atoms with Gasteiger partial charge in [-0.25, -0.2) is 4.98 Å². The van der Waals surface area contributed by atoms with Gasteiger partial charge in [0.15, 0.2) is 0 Å². The Kier molecular flexibility index (Phi) is 5.04. The standard InChI is InChI=1S/C3H4N2.C3H7NO/c1-2-5-3-4-1;1-4(2)3-5/h1-3H,(H,4,5);3H,1-2H3. The lowest BCUT2D eigenvalue weighted by molar-refractivity contribution is -0.115. The third kappa shape index (κ3) is 6.68. The van der Waals surface area contributed by atoms with Crippen LogP contribution in [0, 0.1) is 0 Å². The summed E-state index contributed by atoms with van der Waals surface area (Å²) in [6.45, 7) is 0. The van der Waals surface area contributed by atoms with Crippen molar-refractivity contribution < 1.29 is 4.79 Å². The quantitative estimate of drug-likeness (QED) is 0.564. The van der Waals surface area contributed by atoms with Crippen LogP contribution in [0.15, 0.2) is 18.7 Å². The average molecular weight is 141 g/mol. The summed E-state index contributed by atoms with van der Waals surface area (Å²) in [5.41, 5.74) is 0. The smallest absolute Gasteiger partial charge is 0.209 e. The molecule has 0 aromatic carbocycles. The number of imidazole rings is 1. The van der Waals surface area contributed by atoms with Gasteiger partial charge in [0, 0.05) is 26.5 Å². The maximum Gasteiger partial charge on any atom is 0.209 e. The highest BCUT2D eigenvalue weighted by Crippen LogP contribution is 1.62. The van der Waals surface area contributed by atoms with Gasteiger partial charge in [-0.2, -0.15) is 0 Å². The highest BCUT2D eigenvalue weighted by molar-refractivity contribution is 5.45. The topological polar surface area (TPSA) is 49.0 Å². The van der Waals surface area contributed by atoms with Crippen LogP contribution < -0.4 is 0 Å². The zero-order chi connectivity index (χ0) is 7.82. The van der Waals surface area contributed by atoms with Crippen LogP contribution in [0.5, 0.6) is 0 Å². The minimum atomic E-state index is 0.750. The van der Waals surface area contributed by atoms with Crippen molar-refractivity contribution in [3.8, 4) is 0 Å². The molecule has 0 spiro atoms. The van der Waals surface area contributed by atoms with Gasteiger partial charge in [-0.05, 0) is 0 Å². The largest absolute Gasteiger partial charge is 0.351 e. The summed E-state index contributed by atoms with van der Waals surface area (Å²) in [6.07, 6.45) is 5.83. The molecule has 0 saturated carbocycles. The molecule has 1 N–H and O–H groups in total.